The molecule has 0 aromatic rings. The molecule has 0 aliphatic rings. The molecule has 2 heteroatoms. The topological polar surface area (TPSA) is 17.1 Å². The first kappa shape index (κ1) is 7.96. The summed E-state index contributed by atoms with van der Waals surface area (Å²) in [6.07, 6.45) is 1.42. The molecule has 0 aliphatic heterocycles. The van der Waals surface area contributed by atoms with Crippen molar-refractivity contribution >= 4 is 17.4 Å². The molecule has 0 saturated heterocycles. The molecular weight excluding hydrogens is 124 g/mol. The highest BCUT2D eigenvalue weighted by molar-refractivity contribution is 6.20. The molecule has 0 N–H and O–H groups in total. The minimum absolute atomic E-state index is 0.138. The Morgan fingerprint density at radius 2 is 2.25 bits per heavy atom. The van der Waals surface area contributed by atoms with Crippen LogP contribution in [0.15, 0.2) is 0 Å². The molecule has 1 nitrogen and oxygen atoms in total. The van der Waals surface area contributed by atoms with Gasteiger partial charge in [0.25, 0.3) is 0 Å². The van der Waals surface area contributed by atoms with Crippen LogP contribution < -0.4 is 0 Å². The van der Waals surface area contributed by atoms with Gasteiger partial charge in [-0.3, -0.25) is 0 Å². The van der Waals surface area contributed by atoms with Gasteiger partial charge in [-0.1, -0.05) is 0 Å². The maximum atomic E-state index is 10.3. The van der Waals surface area contributed by atoms with Crippen molar-refractivity contribution in [3.8, 4) is 0 Å². The van der Waals surface area contributed by atoms with Crippen molar-refractivity contribution in [1.82, 2.24) is 0 Å². The molecule has 0 fully saturated rings. The number of hydrogen-bond donors (Lipinski definition) is 0. The molecule has 0 spiro atoms. The van der Waals surface area contributed by atoms with Gasteiger partial charge >= 0.3 is 0 Å². The molecule has 1 atom stereocenters. The predicted molar refractivity (Wildman–Crippen MR) is 35.2 cm³/mol. The first-order valence-electron chi connectivity index (χ1n) is 2.76. The lowest BCUT2D eigenvalue weighted by Gasteiger charge is -1.96. The minimum Gasteiger partial charge on any atom is -0.300 e. The van der Waals surface area contributed by atoms with Crippen molar-refractivity contribution in [3.05, 3.63) is 0 Å². The molecule has 0 aromatic heterocycles. The van der Waals surface area contributed by atoms with E-state index in [2.05, 4.69) is 0 Å². The third-order valence-corrected chi connectivity index (χ3v) is 1.11. The van der Waals surface area contributed by atoms with Crippen molar-refractivity contribution in [2.75, 3.05) is 0 Å². The molecule has 0 radical (unpaired) electrons. The summed E-state index contributed by atoms with van der Waals surface area (Å²) in [4.78, 5) is 10.3. The Bertz CT molecular complexity index is 78.6. The second kappa shape index (κ2) is 3.90. The van der Waals surface area contributed by atoms with Gasteiger partial charge in [0.05, 0.1) is 0 Å². The van der Waals surface area contributed by atoms with Crippen LogP contribution >= 0.6 is 11.6 Å². The second-order valence-corrected chi connectivity index (χ2v) is 2.77. The molecular formula is C6H11ClO. The molecule has 0 amide bonds. The number of carbonyl (C=O) groups excluding carboxylic acids is 1. The van der Waals surface area contributed by atoms with Crippen molar-refractivity contribution in [3.63, 3.8) is 0 Å². The third kappa shape index (κ3) is 5.96. The zero-order valence-electron chi connectivity index (χ0n) is 5.28. The fourth-order valence-electron chi connectivity index (χ4n) is 0.402. The Kier molecular flexibility index (Phi) is 3.88. The number of rotatable bonds is 3. The van der Waals surface area contributed by atoms with Gasteiger partial charge in [-0.2, -0.15) is 0 Å². The number of carbonyl (C=O) groups is 1. The largest absolute Gasteiger partial charge is 0.300 e. The van der Waals surface area contributed by atoms with Crippen LogP contribution in [0.1, 0.15) is 26.7 Å². The van der Waals surface area contributed by atoms with E-state index in [4.69, 9.17) is 11.6 Å². The number of hydrogen-bond acceptors (Lipinski definition) is 1. The average molecular weight is 135 g/mol. The van der Waals surface area contributed by atoms with Crippen LogP contribution in [-0.4, -0.2) is 11.2 Å². The van der Waals surface area contributed by atoms with Gasteiger partial charge < -0.3 is 4.79 Å². The quantitative estimate of drug-likeness (QED) is 0.540. The van der Waals surface area contributed by atoms with Gasteiger partial charge in [0.1, 0.15) is 5.78 Å². The molecule has 1 unspecified atom stereocenters. The van der Waals surface area contributed by atoms with Gasteiger partial charge in [0, 0.05) is 11.8 Å². The third-order valence-electron chi connectivity index (χ3n) is 0.894. The maximum absolute atomic E-state index is 10.3. The lowest BCUT2D eigenvalue weighted by molar-refractivity contribution is -0.117. The van der Waals surface area contributed by atoms with E-state index in [1.807, 2.05) is 6.92 Å². The lowest BCUT2D eigenvalue weighted by Crippen LogP contribution is -1.95. The monoisotopic (exact) mass is 134 g/mol. The van der Waals surface area contributed by atoms with E-state index in [0.29, 0.717) is 6.42 Å². The average Bonchev–Trinajstić information content (AvgIpc) is 1.61. The van der Waals surface area contributed by atoms with E-state index in [1.54, 1.807) is 6.92 Å². The zero-order chi connectivity index (χ0) is 6.57. The van der Waals surface area contributed by atoms with Crippen LogP contribution in [0.3, 0.4) is 0 Å². The van der Waals surface area contributed by atoms with E-state index in [-0.39, 0.29) is 11.2 Å². The van der Waals surface area contributed by atoms with Crippen LogP contribution in [0.2, 0.25) is 0 Å². The fraction of sp³-hybridized carbons (Fsp3) is 0.833. The Morgan fingerprint density at radius 3 is 2.38 bits per heavy atom. The fourth-order valence-corrected chi connectivity index (χ4v) is 0.511. The Balaban J connectivity index is 3.05. The highest BCUT2D eigenvalue weighted by atomic mass is 35.5. The summed E-state index contributed by atoms with van der Waals surface area (Å²) < 4.78 is 0. The first-order chi connectivity index (χ1) is 3.63. The van der Waals surface area contributed by atoms with Crippen LogP contribution in [0.5, 0.6) is 0 Å². The summed E-state index contributed by atoms with van der Waals surface area (Å²) in [6, 6.07) is 0. The Labute approximate surface area is 55.0 Å². The van der Waals surface area contributed by atoms with Crippen molar-refractivity contribution in [1.29, 1.82) is 0 Å². The van der Waals surface area contributed by atoms with E-state index < -0.39 is 0 Å². The van der Waals surface area contributed by atoms with Crippen LogP contribution in [0.25, 0.3) is 0 Å². The smallest absolute Gasteiger partial charge is 0.129 e. The zero-order valence-corrected chi connectivity index (χ0v) is 6.03. The summed E-state index contributed by atoms with van der Waals surface area (Å²) >= 11 is 5.57. The van der Waals surface area contributed by atoms with E-state index >= 15 is 0 Å². The van der Waals surface area contributed by atoms with Gasteiger partial charge in [-0.05, 0) is 20.3 Å². The molecule has 0 heterocycles. The van der Waals surface area contributed by atoms with Gasteiger partial charge in [0.2, 0.25) is 0 Å². The number of ketones is 1. The molecule has 0 saturated carbocycles. The lowest BCUT2D eigenvalue weighted by atomic mass is 10.2. The number of Topliss-reactive ketones (excluding diaryl/α,β-unsaturated/α-hetero) is 1. The number of alkyl halides is 1. The summed E-state index contributed by atoms with van der Waals surface area (Å²) in [5, 5.41) is 0.138. The van der Waals surface area contributed by atoms with Crippen molar-refractivity contribution in [2.24, 2.45) is 0 Å². The summed E-state index contributed by atoms with van der Waals surface area (Å²) in [7, 11) is 0. The molecule has 0 bridgehead atoms. The highest BCUT2D eigenvalue weighted by Crippen LogP contribution is 2.02. The summed E-state index contributed by atoms with van der Waals surface area (Å²) in [5.41, 5.74) is 0. The van der Waals surface area contributed by atoms with E-state index in [0.717, 1.165) is 6.42 Å². The van der Waals surface area contributed by atoms with Crippen LogP contribution in [-0.2, 0) is 4.79 Å². The summed E-state index contributed by atoms with van der Waals surface area (Å²) in [5.74, 6) is 0.220. The molecule has 0 aromatic carbocycles. The second-order valence-electron chi connectivity index (χ2n) is 2.02. The Hall–Kier alpha value is -0.0400. The molecule has 0 aliphatic carbocycles. The van der Waals surface area contributed by atoms with Crippen LogP contribution in [0, 0.1) is 0 Å². The van der Waals surface area contributed by atoms with E-state index in [1.165, 1.54) is 0 Å². The maximum Gasteiger partial charge on any atom is 0.129 e. The molecule has 8 heavy (non-hydrogen) atoms. The highest BCUT2D eigenvalue weighted by Gasteiger charge is 1.97. The van der Waals surface area contributed by atoms with E-state index in [9.17, 15) is 4.79 Å². The van der Waals surface area contributed by atoms with Crippen LogP contribution in [0.4, 0.5) is 0 Å². The minimum atomic E-state index is 0.138. The van der Waals surface area contributed by atoms with Gasteiger partial charge in [0.15, 0.2) is 0 Å². The van der Waals surface area contributed by atoms with Gasteiger partial charge in [-0.25, -0.2) is 0 Å². The normalized spacial score (nSPS) is 13.4. The number of halogens is 1. The van der Waals surface area contributed by atoms with Crippen molar-refractivity contribution in [2.45, 2.75) is 32.1 Å². The SMILES string of the molecule is CC(=O)CCC(C)Cl. The predicted octanol–water partition coefficient (Wildman–Crippen LogP) is 1.98. The first-order valence-corrected chi connectivity index (χ1v) is 3.20. The standard InChI is InChI=1S/C6H11ClO/c1-5(7)3-4-6(2)8/h5H,3-4H2,1-2H3. The van der Waals surface area contributed by atoms with Crippen molar-refractivity contribution < 1.29 is 4.79 Å². The van der Waals surface area contributed by atoms with Gasteiger partial charge in [-0.15, -0.1) is 11.6 Å². The Morgan fingerprint density at radius 1 is 1.75 bits per heavy atom. The molecule has 48 valence electrons. The summed E-state index contributed by atoms with van der Waals surface area (Å²) in [6.45, 7) is 3.48. The molecule has 0 rings (SSSR count).